The maximum atomic E-state index is 12.0. The van der Waals surface area contributed by atoms with Gasteiger partial charge in [-0.05, 0) is 57.1 Å². The summed E-state index contributed by atoms with van der Waals surface area (Å²) in [7, 11) is -3.74. The van der Waals surface area contributed by atoms with Crippen LogP contribution in [0.5, 0.6) is 0 Å². The summed E-state index contributed by atoms with van der Waals surface area (Å²) in [4.78, 5) is 25.9. The molecule has 1 heterocycles. The van der Waals surface area contributed by atoms with Crippen LogP contribution in [-0.4, -0.2) is 51.4 Å². The lowest BCUT2D eigenvalue weighted by Gasteiger charge is -2.30. The van der Waals surface area contributed by atoms with E-state index in [1.807, 2.05) is 0 Å². The second-order valence-electron chi connectivity index (χ2n) is 6.24. The molecule has 1 aliphatic rings. The molecule has 0 bridgehead atoms. The molecule has 1 fully saturated rings. The minimum absolute atomic E-state index is 0.0000281. The molecule has 0 unspecified atom stereocenters. The molecule has 1 amide bonds. The molecule has 2 rings (SSSR count). The van der Waals surface area contributed by atoms with Crippen LogP contribution in [-0.2, 0) is 24.3 Å². The second kappa shape index (κ2) is 9.11. The standard InChI is InChI=1S/C17H25N3O5S/c1-2-25-17(22)13-7-10-20(11-8-13)12-9-16(21)19-14-3-5-15(6-4-14)26(18,23)24/h3-6,13H,2,7-12H2,1H3,(H,19,21)(H2,18,23,24). The van der Waals surface area contributed by atoms with Crippen molar-refractivity contribution in [2.45, 2.75) is 31.1 Å². The van der Waals surface area contributed by atoms with Crippen LogP contribution in [0.2, 0.25) is 0 Å². The van der Waals surface area contributed by atoms with Gasteiger partial charge in [0.25, 0.3) is 0 Å². The van der Waals surface area contributed by atoms with Crippen molar-refractivity contribution in [2.75, 3.05) is 31.6 Å². The fourth-order valence-electron chi connectivity index (χ4n) is 2.86. The number of carbonyl (C=O) groups is 2. The van der Waals surface area contributed by atoms with Crippen LogP contribution in [0.1, 0.15) is 26.2 Å². The second-order valence-corrected chi connectivity index (χ2v) is 7.80. The molecule has 1 aromatic carbocycles. The first-order chi connectivity index (χ1) is 12.3. The van der Waals surface area contributed by atoms with Gasteiger partial charge in [0.05, 0.1) is 17.4 Å². The van der Waals surface area contributed by atoms with Gasteiger partial charge in [-0.3, -0.25) is 9.59 Å². The summed E-state index contributed by atoms with van der Waals surface area (Å²) in [6.45, 7) is 4.34. The molecule has 1 aromatic rings. The van der Waals surface area contributed by atoms with E-state index in [9.17, 15) is 18.0 Å². The number of piperidine rings is 1. The van der Waals surface area contributed by atoms with E-state index in [0.29, 0.717) is 25.3 Å². The number of hydrogen-bond acceptors (Lipinski definition) is 6. The molecule has 9 heteroatoms. The summed E-state index contributed by atoms with van der Waals surface area (Å²) in [5.74, 6) is -0.328. The molecule has 0 saturated carbocycles. The van der Waals surface area contributed by atoms with Crippen molar-refractivity contribution in [3.63, 3.8) is 0 Å². The monoisotopic (exact) mass is 383 g/mol. The largest absolute Gasteiger partial charge is 0.466 e. The highest BCUT2D eigenvalue weighted by molar-refractivity contribution is 7.89. The van der Waals surface area contributed by atoms with Gasteiger partial charge in [-0.25, -0.2) is 13.6 Å². The lowest BCUT2D eigenvalue weighted by molar-refractivity contribution is -0.149. The van der Waals surface area contributed by atoms with Gasteiger partial charge >= 0.3 is 5.97 Å². The maximum absolute atomic E-state index is 12.0. The Hall–Kier alpha value is -1.97. The molecular formula is C17H25N3O5S. The van der Waals surface area contributed by atoms with Crippen molar-refractivity contribution in [1.29, 1.82) is 0 Å². The van der Waals surface area contributed by atoms with Gasteiger partial charge in [0.1, 0.15) is 0 Å². The zero-order valence-electron chi connectivity index (χ0n) is 14.8. The number of esters is 1. The van der Waals surface area contributed by atoms with Crippen molar-refractivity contribution in [3.05, 3.63) is 24.3 Å². The highest BCUT2D eigenvalue weighted by Gasteiger charge is 2.25. The minimum Gasteiger partial charge on any atom is -0.466 e. The first-order valence-electron chi connectivity index (χ1n) is 8.61. The summed E-state index contributed by atoms with van der Waals surface area (Å²) < 4.78 is 27.4. The van der Waals surface area contributed by atoms with E-state index in [2.05, 4.69) is 10.2 Å². The lowest BCUT2D eigenvalue weighted by atomic mass is 9.97. The van der Waals surface area contributed by atoms with Crippen molar-refractivity contribution < 1.29 is 22.7 Å². The van der Waals surface area contributed by atoms with Crippen LogP contribution in [0.25, 0.3) is 0 Å². The molecule has 26 heavy (non-hydrogen) atoms. The number of nitrogens with one attached hydrogen (secondary N) is 1. The topological polar surface area (TPSA) is 119 Å². The minimum atomic E-state index is -3.74. The number of nitrogens with zero attached hydrogens (tertiary/aromatic N) is 1. The highest BCUT2D eigenvalue weighted by atomic mass is 32.2. The zero-order valence-corrected chi connectivity index (χ0v) is 15.6. The number of rotatable bonds is 7. The van der Waals surface area contributed by atoms with Crippen molar-refractivity contribution >= 4 is 27.6 Å². The molecule has 0 atom stereocenters. The number of amides is 1. The number of sulfonamides is 1. The predicted octanol–water partition coefficient (Wildman–Crippen LogP) is 0.938. The van der Waals surface area contributed by atoms with Crippen molar-refractivity contribution in [2.24, 2.45) is 11.1 Å². The Morgan fingerprint density at radius 2 is 1.85 bits per heavy atom. The van der Waals surface area contributed by atoms with Crippen LogP contribution >= 0.6 is 0 Å². The van der Waals surface area contributed by atoms with Gasteiger partial charge in [0.2, 0.25) is 15.9 Å². The number of hydrogen-bond donors (Lipinski definition) is 2. The molecule has 1 saturated heterocycles. The Morgan fingerprint density at radius 1 is 1.23 bits per heavy atom. The Labute approximate surface area is 153 Å². The quantitative estimate of drug-likeness (QED) is 0.676. The smallest absolute Gasteiger partial charge is 0.309 e. The molecule has 0 aliphatic carbocycles. The molecule has 144 valence electrons. The van der Waals surface area contributed by atoms with Gasteiger partial charge in [-0.2, -0.15) is 0 Å². The SMILES string of the molecule is CCOC(=O)C1CCN(CCC(=O)Nc2ccc(S(N)(=O)=O)cc2)CC1. The van der Waals surface area contributed by atoms with E-state index in [1.54, 1.807) is 6.92 Å². The van der Waals surface area contributed by atoms with Crippen molar-refractivity contribution in [3.8, 4) is 0 Å². The molecule has 8 nitrogen and oxygen atoms in total. The molecule has 3 N–H and O–H groups in total. The molecular weight excluding hydrogens is 358 g/mol. The third kappa shape index (κ3) is 6.08. The van der Waals surface area contributed by atoms with E-state index in [0.717, 1.165) is 25.9 Å². The van der Waals surface area contributed by atoms with Crippen LogP contribution in [0.15, 0.2) is 29.2 Å². The summed E-state index contributed by atoms with van der Waals surface area (Å²) in [6.07, 6.45) is 1.81. The number of nitrogens with two attached hydrogens (primary N) is 1. The van der Waals surface area contributed by atoms with E-state index in [4.69, 9.17) is 9.88 Å². The van der Waals surface area contributed by atoms with Crippen LogP contribution in [0.3, 0.4) is 0 Å². The molecule has 1 aliphatic heterocycles. The number of ether oxygens (including phenoxy) is 1. The number of anilines is 1. The van der Waals surface area contributed by atoms with Crippen LogP contribution in [0, 0.1) is 5.92 Å². The normalized spacial score (nSPS) is 16.2. The summed E-state index contributed by atoms with van der Waals surface area (Å²) in [5.41, 5.74) is 0.517. The average molecular weight is 383 g/mol. The van der Waals surface area contributed by atoms with Crippen LogP contribution < -0.4 is 10.5 Å². The average Bonchev–Trinajstić information content (AvgIpc) is 2.60. The number of carbonyl (C=O) groups excluding carboxylic acids is 2. The Kier molecular flexibility index (Phi) is 7.13. The molecule has 0 radical (unpaired) electrons. The summed E-state index contributed by atoms with van der Waals surface area (Å²) >= 11 is 0. The van der Waals surface area contributed by atoms with Crippen LogP contribution in [0.4, 0.5) is 5.69 Å². The van der Waals surface area contributed by atoms with Gasteiger partial charge in [-0.15, -0.1) is 0 Å². The Balaban J connectivity index is 1.73. The Bertz CT molecular complexity index is 725. The first-order valence-corrected chi connectivity index (χ1v) is 10.2. The molecule has 0 aromatic heterocycles. The van der Waals surface area contributed by atoms with Gasteiger partial charge in [-0.1, -0.05) is 0 Å². The van der Waals surface area contributed by atoms with Gasteiger partial charge in [0.15, 0.2) is 0 Å². The fraction of sp³-hybridized carbons (Fsp3) is 0.529. The lowest BCUT2D eigenvalue weighted by Crippen LogP contribution is -2.38. The molecule has 0 spiro atoms. The maximum Gasteiger partial charge on any atom is 0.309 e. The fourth-order valence-corrected chi connectivity index (χ4v) is 3.38. The van der Waals surface area contributed by atoms with E-state index in [1.165, 1.54) is 24.3 Å². The van der Waals surface area contributed by atoms with E-state index < -0.39 is 10.0 Å². The highest BCUT2D eigenvalue weighted by Crippen LogP contribution is 2.19. The van der Waals surface area contributed by atoms with E-state index in [-0.39, 0.29) is 22.7 Å². The predicted molar refractivity (Wildman–Crippen MR) is 96.9 cm³/mol. The number of primary sulfonamides is 1. The third-order valence-corrected chi connectivity index (χ3v) is 5.26. The number of benzene rings is 1. The summed E-state index contributed by atoms with van der Waals surface area (Å²) in [5, 5.41) is 7.76. The Morgan fingerprint density at radius 3 is 2.38 bits per heavy atom. The van der Waals surface area contributed by atoms with Gasteiger partial charge < -0.3 is 15.0 Å². The summed E-state index contributed by atoms with van der Waals surface area (Å²) in [6, 6.07) is 5.71. The van der Waals surface area contributed by atoms with Crippen molar-refractivity contribution in [1.82, 2.24) is 4.90 Å². The third-order valence-electron chi connectivity index (χ3n) is 4.33. The number of likely N-dealkylation sites (tertiary alicyclic amines) is 1. The van der Waals surface area contributed by atoms with Gasteiger partial charge in [0, 0.05) is 18.7 Å². The first kappa shape index (κ1) is 20.3. The van der Waals surface area contributed by atoms with E-state index >= 15 is 0 Å². The zero-order chi connectivity index (χ0) is 19.2.